The molecular formula is C12H14ClNO. The Morgan fingerprint density at radius 2 is 2.07 bits per heavy atom. The van der Waals surface area contributed by atoms with Gasteiger partial charge in [-0.1, -0.05) is 30.2 Å². The Balaban J connectivity index is 2.08. The highest BCUT2D eigenvalue weighted by atomic mass is 35.5. The Kier molecular flexibility index (Phi) is 3.27. The predicted octanol–water partition coefficient (Wildman–Crippen LogP) is 3.26. The molecule has 3 heteroatoms. The van der Waals surface area contributed by atoms with E-state index in [0.717, 1.165) is 24.9 Å². The highest BCUT2D eigenvalue weighted by molar-refractivity contribution is 6.33. The molecule has 0 radical (unpaired) electrons. The van der Waals surface area contributed by atoms with E-state index in [-0.39, 0.29) is 6.04 Å². The fourth-order valence-corrected chi connectivity index (χ4v) is 2.09. The van der Waals surface area contributed by atoms with Crippen LogP contribution in [0.3, 0.4) is 0 Å². The van der Waals surface area contributed by atoms with Crippen LogP contribution >= 0.6 is 11.6 Å². The number of anilines is 1. The van der Waals surface area contributed by atoms with Gasteiger partial charge in [0.2, 0.25) is 0 Å². The minimum Gasteiger partial charge on any atom is -0.374 e. The largest absolute Gasteiger partial charge is 0.374 e. The van der Waals surface area contributed by atoms with Crippen molar-refractivity contribution in [1.82, 2.24) is 0 Å². The molecule has 80 valence electrons. The van der Waals surface area contributed by atoms with Crippen molar-refractivity contribution < 1.29 is 4.79 Å². The summed E-state index contributed by atoms with van der Waals surface area (Å²) >= 11 is 6.02. The van der Waals surface area contributed by atoms with Crippen LogP contribution in [0.2, 0.25) is 5.02 Å². The first-order chi connectivity index (χ1) is 7.27. The number of carbonyl (C=O) groups is 1. The highest BCUT2D eigenvalue weighted by Gasteiger charge is 2.22. The summed E-state index contributed by atoms with van der Waals surface area (Å²) in [5, 5.41) is 3.89. The summed E-state index contributed by atoms with van der Waals surface area (Å²) in [7, 11) is 0. The first kappa shape index (κ1) is 10.5. The van der Waals surface area contributed by atoms with Crippen molar-refractivity contribution in [2.45, 2.75) is 31.7 Å². The molecule has 1 fully saturated rings. The molecule has 1 aliphatic rings. The van der Waals surface area contributed by atoms with Gasteiger partial charge in [0.05, 0.1) is 16.8 Å². The van der Waals surface area contributed by atoms with Crippen LogP contribution in [0.1, 0.15) is 25.7 Å². The van der Waals surface area contributed by atoms with E-state index in [1.165, 1.54) is 0 Å². The molecule has 0 saturated heterocycles. The summed E-state index contributed by atoms with van der Waals surface area (Å²) in [4.78, 5) is 11.6. The molecule has 1 atom stereocenters. The second kappa shape index (κ2) is 4.67. The van der Waals surface area contributed by atoms with Crippen molar-refractivity contribution in [1.29, 1.82) is 0 Å². The van der Waals surface area contributed by atoms with Gasteiger partial charge in [-0.05, 0) is 25.0 Å². The number of nitrogens with one attached hydrogen (secondary N) is 1. The van der Waals surface area contributed by atoms with Gasteiger partial charge >= 0.3 is 0 Å². The Bertz CT molecular complexity index is 364. The lowest BCUT2D eigenvalue weighted by atomic mass is 9.94. The van der Waals surface area contributed by atoms with Gasteiger partial charge in [0.1, 0.15) is 0 Å². The number of benzene rings is 1. The summed E-state index contributed by atoms with van der Waals surface area (Å²) in [6.45, 7) is 0. The van der Waals surface area contributed by atoms with Crippen LogP contribution < -0.4 is 5.32 Å². The van der Waals surface area contributed by atoms with Gasteiger partial charge in [-0.3, -0.25) is 4.79 Å². The number of carbonyl (C=O) groups excluding carboxylic acids is 1. The third-order valence-electron chi connectivity index (χ3n) is 2.76. The zero-order valence-electron chi connectivity index (χ0n) is 8.50. The summed E-state index contributed by atoms with van der Waals surface area (Å²) in [6.07, 6.45) is 3.76. The van der Waals surface area contributed by atoms with Crippen LogP contribution in [0.4, 0.5) is 5.69 Å². The smallest absolute Gasteiger partial charge is 0.155 e. The molecule has 2 rings (SSSR count). The van der Waals surface area contributed by atoms with Crippen LogP contribution in [0.5, 0.6) is 0 Å². The molecule has 1 N–H and O–H groups in total. The van der Waals surface area contributed by atoms with E-state index in [0.29, 0.717) is 17.2 Å². The van der Waals surface area contributed by atoms with Crippen molar-refractivity contribution in [3.05, 3.63) is 29.3 Å². The molecule has 0 aliphatic heterocycles. The van der Waals surface area contributed by atoms with Crippen LogP contribution in [0, 0.1) is 0 Å². The number of para-hydroxylation sites is 1. The molecule has 15 heavy (non-hydrogen) atoms. The molecular weight excluding hydrogens is 210 g/mol. The maximum absolute atomic E-state index is 11.6. The molecule has 2 nitrogen and oxygen atoms in total. The van der Waals surface area contributed by atoms with E-state index >= 15 is 0 Å². The number of hydrogen-bond acceptors (Lipinski definition) is 2. The maximum Gasteiger partial charge on any atom is 0.155 e. The van der Waals surface area contributed by atoms with Gasteiger partial charge in [-0.25, -0.2) is 0 Å². The van der Waals surface area contributed by atoms with Gasteiger partial charge in [0.25, 0.3) is 0 Å². The Labute approximate surface area is 94.6 Å². The SMILES string of the molecule is O=C1CCCCC1Nc1ccccc1Cl. The second-order valence-electron chi connectivity index (χ2n) is 3.89. The van der Waals surface area contributed by atoms with Gasteiger partial charge in [-0.15, -0.1) is 0 Å². The number of Topliss-reactive ketones (excluding diaryl/α,β-unsaturated/α-hetero) is 1. The standard InChI is InChI=1S/C12H14ClNO/c13-9-5-1-2-6-10(9)14-11-7-3-4-8-12(11)15/h1-2,5-6,11,14H,3-4,7-8H2. The summed E-state index contributed by atoms with van der Waals surface area (Å²) in [5.74, 6) is 0.307. The van der Waals surface area contributed by atoms with Crippen LogP contribution in [0.25, 0.3) is 0 Å². The molecule has 0 spiro atoms. The van der Waals surface area contributed by atoms with E-state index in [1.807, 2.05) is 24.3 Å². The Morgan fingerprint density at radius 1 is 1.27 bits per heavy atom. The van der Waals surface area contributed by atoms with Gasteiger partial charge in [0, 0.05) is 6.42 Å². The number of halogens is 1. The van der Waals surface area contributed by atoms with Crippen LogP contribution in [-0.4, -0.2) is 11.8 Å². The monoisotopic (exact) mass is 223 g/mol. The zero-order valence-corrected chi connectivity index (χ0v) is 9.26. The molecule has 0 bridgehead atoms. The van der Waals surface area contributed by atoms with Gasteiger partial charge < -0.3 is 5.32 Å². The van der Waals surface area contributed by atoms with E-state index in [4.69, 9.17) is 11.6 Å². The molecule has 1 aromatic carbocycles. The van der Waals surface area contributed by atoms with Gasteiger partial charge in [0.15, 0.2) is 5.78 Å². The third-order valence-corrected chi connectivity index (χ3v) is 3.09. The lowest BCUT2D eigenvalue weighted by Crippen LogP contribution is -2.32. The van der Waals surface area contributed by atoms with Crippen molar-refractivity contribution in [2.75, 3.05) is 5.32 Å². The zero-order chi connectivity index (χ0) is 10.7. The molecule has 0 amide bonds. The first-order valence-corrected chi connectivity index (χ1v) is 5.69. The summed E-state index contributed by atoms with van der Waals surface area (Å²) in [5.41, 5.74) is 0.861. The fourth-order valence-electron chi connectivity index (χ4n) is 1.90. The van der Waals surface area contributed by atoms with Crippen molar-refractivity contribution in [3.63, 3.8) is 0 Å². The average Bonchev–Trinajstić information content (AvgIpc) is 2.24. The van der Waals surface area contributed by atoms with Crippen LogP contribution in [0.15, 0.2) is 24.3 Å². The van der Waals surface area contributed by atoms with Crippen molar-refractivity contribution in [2.24, 2.45) is 0 Å². The number of hydrogen-bond donors (Lipinski definition) is 1. The van der Waals surface area contributed by atoms with Gasteiger partial charge in [-0.2, -0.15) is 0 Å². The number of ketones is 1. The molecule has 0 heterocycles. The molecule has 1 unspecified atom stereocenters. The molecule has 1 aromatic rings. The average molecular weight is 224 g/mol. The number of rotatable bonds is 2. The highest BCUT2D eigenvalue weighted by Crippen LogP contribution is 2.24. The first-order valence-electron chi connectivity index (χ1n) is 5.31. The fraction of sp³-hybridized carbons (Fsp3) is 0.417. The van der Waals surface area contributed by atoms with E-state index in [1.54, 1.807) is 0 Å². The lowest BCUT2D eigenvalue weighted by molar-refractivity contribution is -0.121. The summed E-state index contributed by atoms with van der Waals surface area (Å²) < 4.78 is 0. The maximum atomic E-state index is 11.6. The van der Waals surface area contributed by atoms with E-state index in [9.17, 15) is 4.79 Å². The lowest BCUT2D eigenvalue weighted by Gasteiger charge is -2.23. The minimum atomic E-state index is -0.0429. The molecule has 1 aliphatic carbocycles. The predicted molar refractivity (Wildman–Crippen MR) is 62.3 cm³/mol. The topological polar surface area (TPSA) is 29.1 Å². The van der Waals surface area contributed by atoms with Crippen molar-refractivity contribution in [3.8, 4) is 0 Å². The summed E-state index contributed by atoms with van der Waals surface area (Å²) in [6, 6.07) is 7.50. The van der Waals surface area contributed by atoms with E-state index in [2.05, 4.69) is 5.32 Å². The minimum absolute atomic E-state index is 0.0429. The third kappa shape index (κ3) is 2.51. The van der Waals surface area contributed by atoms with E-state index < -0.39 is 0 Å². The quantitative estimate of drug-likeness (QED) is 0.834. The molecule has 0 aromatic heterocycles. The Morgan fingerprint density at radius 3 is 2.80 bits per heavy atom. The second-order valence-corrected chi connectivity index (χ2v) is 4.30. The molecule has 1 saturated carbocycles. The van der Waals surface area contributed by atoms with Crippen LogP contribution in [-0.2, 0) is 4.79 Å². The Hall–Kier alpha value is -1.02. The van der Waals surface area contributed by atoms with Crippen molar-refractivity contribution >= 4 is 23.1 Å². The normalized spacial score (nSPS) is 21.4.